The predicted molar refractivity (Wildman–Crippen MR) is 96.6 cm³/mol. The number of carbonyl (C=O) groups is 1. The molecule has 0 aromatic carbocycles. The first-order valence-corrected chi connectivity index (χ1v) is 10.5. The lowest BCUT2D eigenvalue weighted by atomic mass is 9.48. The van der Waals surface area contributed by atoms with E-state index >= 15 is 0 Å². The highest BCUT2D eigenvalue weighted by Crippen LogP contribution is 2.64. The fourth-order valence-electron chi connectivity index (χ4n) is 7.98. The molecule has 0 aromatic heterocycles. The van der Waals surface area contributed by atoms with Gasteiger partial charge >= 0.3 is 0 Å². The zero-order valence-electron chi connectivity index (χ0n) is 16.1. The summed E-state index contributed by atoms with van der Waals surface area (Å²) >= 11 is 0. The van der Waals surface area contributed by atoms with Crippen molar-refractivity contribution in [2.24, 2.45) is 46.8 Å². The molecular formula is C22H36O2. The van der Waals surface area contributed by atoms with Gasteiger partial charge in [0, 0.05) is 13.0 Å². The molecule has 0 saturated heterocycles. The van der Waals surface area contributed by atoms with Gasteiger partial charge in [0.05, 0.1) is 6.10 Å². The van der Waals surface area contributed by atoms with Gasteiger partial charge in [0.15, 0.2) is 0 Å². The van der Waals surface area contributed by atoms with E-state index in [9.17, 15) is 4.79 Å². The minimum Gasteiger partial charge on any atom is -0.381 e. The summed E-state index contributed by atoms with van der Waals surface area (Å²) < 4.78 is 6.05. The van der Waals surface area contributed by atoms with Crippen LogP contribution in [0.25, 0.3) is 0 Å². The molecule has 9 unspecified atom stereocenters. The van der Waals surface area contributed by atoms with Crippen molar-refractivity contribution < 1.29 is 9.53 Å². The number of carbonyl (C=O) groups excluding carboxylic acids is 1. The number of ether oxygens (including phenoxy) is 1. The number of hydrogen-bond donors (Lipinski definition) is 0. The first-order chi connectivity index (χ1) is 11.5. The SMILES string of the molecule is COC1CC2C(CCC3(C)C(C(C)=O)CCC23)C2CCC(C)CC12. The van der Waals surface area contributed by atoms with Crippen LogP contribution in [0.1, 0.15) is 72.1 Å². The Bertz CT molecular complexity index is 500. The van der Waals surface area contributed by atoms with E-state index in [4.69, 9.17) is 4.74 Å². The molecule has 4 aliphatic carbocycles. The number of fused-ring (bicyclic) bond motifs is 5. The van der Waals surface area contributed by atoms with Crippen LogP contribution in [-0.2, 0) is 9.53 Å². The van der Waals surface area contributed by atoms with E-state index in [1.165, 1.54) is 44.9 Å². The smallest absolute Gasteiger partial charge is 0.133 e. The summed E-state index contributed by atoms with van der Waals surface area (Å²) in [5.74, 6) is 5.84. The second-order valence-electron chi connectivity index (χ2n) is 9.98. The Labute approximate surface area is 148 Å². The Morgan fingerprint density at radius 2 is 1.71 bits per heavy atom. The van der Waals surface area contributed by atoms with Gasteiger partial charge in [-0.3, -0.25) is 4.79 Å². The number of ketones is 1. The predicted octanol–water partition coefficient (Wildman–Crippen LogP) is 5.11. The number of rotatable bonds is 2. The van der Waals surface area contributed by atoms with Crippen molar-refractivity contribution in [1.29, 1.82) is 0 Å². The van der Waals surface area contributed by atoms with Crippen LogP contribution in [0.3, 0.4) is 0 Å². The van der Waals surface area contributed by atoms with E-state index < -0.39 is 0 Å². The molecule has 4 rings (SSSR count). The van der Waals surface area contributed by atoms with Crippen molar-refractivity contribution in [2.75, 3.05) is 7.11 Å². The summed E-state index contributed by atoms with van der Waals surface area (Å²) in [5.41, 5.74) is 0.278. The van der Waals surface area contributed by atoms with Crippen LogP contribution >= 0.6 is 0 Å². The molecule has 0 radical (unpaired) electrons. The molecule has 0 N–H and O–H groups in total. The molecule has 9 atom stereocenters. The maximum atomic E-state index is 12.2. The Balaban J connectivity index is 1.61. The average Bonchev–Trinajstić information content (AvgIpc) is 2.91. The molecule has 0 spiro atoms. The molecule has 0 amide bonds. The second-order valence-corrected chi connectivity index (χ2v) is 9.98. The molecule has 136 valence electrons. The van der Waals surface area contributed by atoms with Crippen LogP contribution in [-0.4, -0.2) is 19.0 Å². The Morgan fingerprint density at radius 3 is 2.42 bits per heavy atom. The Kier molecular flexibility index (Phi) is 4.34. The largest absolute Gasteiger partial charge is 0.381 e. The van der Waals surface area contributed by atoms with Crippen LogP contribution in [0.4, 0.5) is 0 Å². The molecule has 2 nitrogen and oxygen atoms in total. The Hall–Kier alpha value is -0.370. The van der Waals surface area contributed by atoms with Crippen LogP contribution in [0.2, 0.25) is 0 Å². The summed E-state index contributed by atoms with van der Waals surface area (Å²) in [4.78, 5) is 12.2. The second kappa shape index (κ2) is 6.11. The molecular weight excluding hydrogens is 296 g/mol. The summed E-state index contributed by atoms with van der Waals surface area (Å²) in [5, 5.41) is 0. The monoisotopic (exact) mass is 332 g/mol. The fraction of sp³-hybridized carbons (Fsp3) is 0.955. The maximum Gasteiger partial charge on any atom is 0.133 e. The standard InChI is InChI=1S/C22H36O2/c1-13-5-6-15-16-9-10-22(3)19(14(2)23)7-8-20(22)17(16)12-21(24-4)18(15)11-13/h13,15-21H,5-12H2,1-4H3. The van der Waals surface area contributed by atoms with Crippen molar-refractivity contribution in [3.8, 4) is 0 Å². The van der Waals surface area contributed by atoms with E-state index in [0.29, 0.717) is 17.8 Å². The molecule has 0 aliphatic heterocycles. The number of Topliss-reactive ketones (excluding diaryl/α,β-unsaturated/α-hetero) is 1. The third-order valence-electron chi connectivity index (χ3n) is 9.04. The van der Waals surface area contributed by atoms with Gasteiger partial charge in [0.1, 0.15) is 5.78 Å². The molecule has 2 heteroatoms. The summed E-state index contributed by atoms with van der Waals surface area (Å²) in [7, 11) is 1.94. The van der Waals surface area contributed by atoms with Gasteiger partial charge in [0.2, 0.25) is 0 Å². The lowest BCUT2D eigenvalue weighted by Crippen LogP contribution is -2.53. The van der Waals surface area contributed by atoms with Crippen molar-refractivity contribution in [3.63, 3.8) is 0 Å². The molecule has 4 fully saturated rings. The molecule has 24 heavy (non-hydrogen) atoms. The lowest BCUT2D eigenvalue weighted by Gasteiger charge is -2.57. The summed E-state index contributed by atoms with van der Waals surface area (Å²) in [6.45, 7) is 6.72. The highest BCUT2D eigenvalue weighted by molar-refractivity contribution is 5.79. The highest BCUT2D eigenvalue weighted by Gasteiger charge is 2.59. The van der Waals surface area contributed by atoms with Gasteiger partial charge in [-0.1, -0.05) is 20.3 Å². The van der Waals surface area contributed by atoms with Crippen LogP contribution in [0.5, 0.6) is 0 Å². The summed E-state index contributed by atoms with van der Waals surface area (Å²) in [6, 6.07) is 0. The van der Waals surface area contributed by atoms with E-state index in [1.54, 1.807) is 0 Å². The third-order valence-corrected chi connectivity index (χ3v) is 9.04. The fourth-order valence-corrected chi connectivity index (χ4v) is 7.98. The normalized spacial score (nSPS) is 53.8. The van der Waals surface area contributed by atoms with E-state index in [-0.39, 0.29) is 5.41 Å². The first kappa shape index (κ1) is 17.1. The highest BCUT2D eigenvalue weighted by atomic mass is 16.5. The molecule has 4 aliphatic rings. The first-order valence-electron chi connectivity index (χ1n) is 10.5. The number of methoxy groups -OCH3 is 1. The molecule has 0 aromatic rings. The maximum absolute atomic E-state index is 12.2. The Morgan fingerprint density at radius 1 is 0.958 bits per heavy atom. The van der Waals surface area contributed by atoms with Gasteiger partial charge in [-0.25, -0.2) is 0 Å². The van der Waals surface area contributed by atoms with Crippen LogP contribution in [0.15, 0.2) is 0 Å². The zero-order chi connectivity index (χ0) is 17.1. The van der Waals surface area contributed by atoms with Crippen LogP contribution < -0.4 is 0 Å². The third kappa shape index (κ3) is 2.42. The van der Waals surface area contributed by atoms with Crippen molar-refractivity contribution >= 4 is 5.78 Å². The van der Waals surface area contributed by atoms with Gasteiger partial charge in [0.25, 0.3) is 0 Å². The lowest BCUT2D eigenvalue weighted by molar-refractivity contribution is -0.138. The van der Waals surface area contributed by atoms with Gasteiger partial charge in [-0.2, -0.15) is 0 Å². The van der Waals surface area contributed by atoms with E-state index in [2.05, 4.69) is 13.8 Å². The topological polar surface area (TPSA) is 26.3 Å². The van der Waals surface area contributed by atoms with Crippen molar-refractivity contribution in [2.45, 2.75) is 78.2 Å². The van der Waals surface area contributed by atoms with E-state index in [0.717, 1.165) is 41.9 Å². The quantitative estimate of drug-likeness (QED) is 0.703. The molecule has 4 saturated carbocycles. The van der Waals surface area contributed by atoms with Crippen LogP contribution in [0, 0.1) is 46.8 Å². The molecule has 0 heterocycles. The van der Waals surface area contributed by atoms with Gasteiger partial charge < -0.3 is 4.74 Å². The van der Waals surface area contributed by atoms with Gasteiger partial charge in [-0.05, 0) is 92.8 Å². The average molecular weight is 333 g/mol. The molecule has 0 bridgehead atoms. The van der Waals surface area contributed by atoms with Crippen molar-refractivity contribution in [3.05, 3.63) is 0 Å². The minimum absolute atomic E-state index is 0.278. The number of hydrogen-bond acceptors (Lipinski definition) is 2. The zero-order valence-corrected chi connectivity index (χ0v) is 16.1. The van der Waals surface area contributed by atoms with Crippen molar-refractivity contribution in [1.82, 2.24) is 0 Å². The van der Waals surface area contributed by atoms with Gasteiger partial charge in [-0.15, -0.1) is 0 Å². The van der Waals surface area contributed by atoms with E-state index in [1.807, 2.05) is 14.0 Å². The summed E-state index contributed by atoms with van der Waals surface area (Å²) in [6.07, 6.45) is 11.0. The minimum atomic E-state index is 0.278.